The Morgan fingerprint density at radius 3 is 3.12 bits per heavy atom. The summed E-state index contributed by atoms with van der Waals surface area (Å²) in [6.07, 6.45) is 4.64. The lowest BCUT2D eigenvalue weighted by molar-refractivity contribution is -0.154. The Morgan fingerprint density at radius 2 is 2.44 bits per heavy atom. The number of carbonyl (C=O) groups is 1. The second-order valence-corrected chi connectivity index (χ2v) is 5.26. The van der Waals surface area contributed by atoms with Crippen LogP contribution in [0.25, 0.3) is 0 Å². The van der Waals surface area contributed by atoms with Gasteiger partial charge in [0.15, 0.2) is 0 Å². The van der Waals surface area contributed by atoms with E-state index in [1.54, 1.807) is 0 Å². The molecule has 0 N–H and O–H groups in total. The Hall–Kier alpha value is -0.830. The fourth-order valence-electron chi connectivity index (χ4n) is 2.73. The van der Waals surface area contributed by atoms with E-state index in [-0.39, 0.29) is 11.4 Å². The quantitative estimate of drug-likeness (QED) is 0.533. The first-order valence-corrected chi connectivity index (χ1v) is 5.94. The van der Waals surface area contributed by atoms with Crippen LogP contribution in [0.1, 0.15) is 33.6 Å². The molecule has 3 nitrogen and oxygen atoms in total. The van der Waals surface area contributed by atoms with Gasteiger partial charge in [0.25, 0.3) is 0 Å². The Morgan fingerprint density at radius 1 is 1.69 bits per heavy atom. The van der Waals surface area contributed by atoms with Crippen LogP contribution in [0.2, 0.25) is 0 Å². The number of fused-ring (bicyclic) bond motifs is 2. The first kappa shape index (κ1) is 11.6. The molecule has 3 atom stereocenters. The summed E-state index contributed by atoms with van der Waals surface area (Å²) >= 11 is 0. The summed E-state index contributed by atoms with van der Waals surface area (Å²) in [5.41, 5.74) is 1.45. The molecule has 1 heterocycles. The van der Waals surface area contributed by atoms with Crippen LogP contribution in [0.4, 0.5) is 0 Å². The van der Waals surface area contributed by atoms with E-state index in [4.69, 9.17) is 9.47 Å². The maximum atomic E-state index is 10.9. The van der Waals surface area contributed by atoms with E-state index in [1.165, 1.54) is 12.5 Å². The lowest BCUT2D eigenvalue weighted by Crippen LogP contribution is -2.46. The van der Waals surface area contributed by atoms with Crippen LogP contribution < -0.4 is 0 Å². The molecule has 1 aliphatic carbocycles. The Balaban J connectivity index is 2.09. The van der Waals surface area contributed by atoms with Crippen molar-refractivity contribution in [1.29, 1.82) is 0 Å². The molecule has 1 saturated heterocycles. The molecule has 0 aromatic carbocycles. The molecule has 0 saturated carbocycles. The molecule has 1 fully saturated rings. The van der Waals surface area contributed by atoms with Crippen LogP contribution in [-0.4, -0.2) is 25.3 Å². The van der Waals surface area contributed by atoms with Crippen molar-refractivity contribution in [3.8, 4) is 0 Å². The van der Waals surface area contributed by atoms with Gasteiger partial charge in [0.2, 0.25) is 0 Å². The van der Waals surface area contributed by atoms with Gasteiger partial charge in [-0.05, 0) is 26.7 Å². The van der Waals surface area contributed by atoms with Gasteiger partial charge < -0.3 is 9.47 Å². The number of rotatable bonds is 2. The molecule has 2 aliphatic rings. The third-order valence-electron chi connectivity index (χ3n) is 3.90. The molecule has 0 aromatic heterocycles. The summed E-state index contributed by atoms with van der Waals surface area (Å²) in [4.78, 5) is 10.9. The van der Waals surface area contributed by atoms with Gasteiger partial charge in [-0.25, -0.2) is 0 Å². The van der Waals surface area contributed by atoms with E-state index in [2.05, 4.69) is 19.9 Å². The van der Waals surface area contributed by atoms with E-state index < -0.39 is 0 Å². The van der Waals surface area contributed by atoms with E-state index in [1.807, 2.05) is 0 Å². The summed E-state index contributed by atoms with van der Waals surface area (Å²) in [6.45, 7) is 6.97. The first-order valence-electron chi connectivity index (χ1n) is 5.94. The van der Waals surface area contributed by atoms with Crippen molar-refractivity contribution in [2.75, 3.05) is 13.2 Å². The molecule has 0 amide bonds. The minimum absolute atomic E-state index is 0.0301. The van der Waals surface area contributed by atoms with Gasteiger partial charge in [0.05, 0.1) is 19.3 Å². The molecule has 1 aliphatic heterocycles. The molecule has 0 unspecified atom stereocenters. The lowest BCUT2D eigenvalue weighted by atomic mass is 9.68. The maximum absolute atomic E-state index is 10.9. The molecule has 90 valence electrons. The van der Waals surface area contributed by atoms with Crippen molar-refractivity contribution in [2.45, 2.75) is 39.7 Å². The molecule has 0 spiro atoms. The minimum Gasteiger partial charge on any atom is -0.465 e. The average Bonchev–Trinajstić information content (AvgIpc) is 2.26. The van der Waals surface area contributed by atoms with Crippen LogP contribution in [0.15, 0.2) is 11.6 Å². The van der Waals surface area contributed by atoms with E-state index in [0.29, 0.717) is 25.2 Å². The summed E-state index contributed by atoms with van der Waals surface area (Å²) in [7, 11) is 0. The van der Waals surface area contributed by atoms with Crippen molar-refractivity contribution < 1.29 is 14.3 Å². The molecule has 0 aromatic rings. The largest absolute Gasteiger partial charge is 0.465 e. The molecular formula is C13H20O3. The molecule has 16 heavy (non-hydrogen) atoms. The second kappa shape index (κ2) is 4.21. The van der Waals surface area contributed by atoms with Crippen molar-refractivity contribution in [2.24, 2.45) is 11.3 Å². The Kier molecular flexibility index (Phi) is 3.06. The molecule has 2 bridgehead atoms. The summed E-state index contributed by atoms with van der Waals surface area (Å²) in [5, 5.41) is 0. The highest BCUT2D eigenvalue weighted by molar-refractivity contribution is 5.65. The fourth-order valence-corrected chi connectivity index (χ4v) is 2.73. The van der Waals surface area contributed by atoms with Crippen LogP contribution in [-0.2, 0) is 14.3 Å². The van der Waals surface area contributed by atoms with Crippen molar-refractivity contribution in [1.82, 2.24) is 0 Å². The van der Waals surface area contributed by atoms with Gasteiger partial charge in [-0.1, -0.05) is 11.6 Å². The van der Waals surface area contributed by atoms with Gasteiger partial charge >= 0.3 is 5.97 Å². The monoisotopic (exact) mass is 224 g/mol. The minimum atomic E-state index is -0.198. The molecular weight excluding hydrogens is 204 g/mol. The predicted molar refractivity (Wildman–Crippen MR) is 61.0 cm³/mol. The number of allylic oxidation sites excluding steroid dienone is 1. The third-order valence-corrected chi connectivity index (χ3v) is 3.90. The summed E-state index contributed by atoms with van der Waals surface area (Å²) < 4.78 is 11.0. The molecule has 0 radical (unpaired) electrons. The van der Waals surface area contributed by atoms with Crippen LogP contribution in [0, 0.1) is 11.3 Å². The average molecular weight is 224 g/mol. The standard InChI is InChI=1S/C13H20O3/c1-9-4-5-13(8-16-11(3)14)6-12(9)10(2)15-7-13/h4,10,12H,5-8H2,1-3H3/t10-,12-,13+/m1/s1. The van der Waals surface area contributed by atoms with Crippen LogP contribution in [0.5, 0.6) is 0 Å². The van der Waals surface area contributed by atoms with Crippen LogP contribution in [0.3, 0.4) is 0 Å². The van der Waals surface area contributed by atoms with Gasteiger partial charge in [-0.15, -0.1) is 0 Å². The highest BCUT2D eigenvalue weighted by Crippen LogP contribution is 2.45. The van der Waals surface area contributed by atoms with Crippen LogP contribution >= 0.6 is 0 Å². The summed E-state index contributed by atoms with van der Waals surface area (Å²) in [6, 6.07) is 0. The molecule has 3 heteroatoms. The van der Waals surface area contributed by atoms with E-state index in [0.717, 1.165) is 12.8 Å². The predicted octanol–water partition coefficient (Wildman–Crippen LogP) is 2.31. The fraction of sp³-hybridized carbons (Fsp3) is 0.769. The zero-order chi connectivity index (χ0) is 11.8. The summed E-state index contributed by atoms with van der Waals surface area (Å²) in [5.74, 6) is 0.300. The highest BCUT2D eigenvalue weighted by Gasteiger charge is 2.43. The second-order valence-electron chi connectivity index (χ2n) is 5.26. The number of esters is 1. The topological polar surface area (TPSA) is 35.5 Å². The third kappa shape index (κ3) is 2.14. The zero-order valence-electron chi connectivity index (χ0n) is 10.3. The zero-order valence-corrected chi connectivity index (χ0v) is 10.3. The molecule has 2 rings (SSSR count). The van der Waals surface area contributed by atoms with Gasteiger partial charge in [0, 0.05) is 18.3 Å². The number of carbonyl (C=O) groups excluding carboxylic acids is 1. The Labute approximate surface area is 96.8 Å². The smallest absolute Gasteiger partial charge is 0.302 e. The van der Waals surface area contributed by atoms with Crippen molar-refractivity contribution >= 4 is 5.97 Å². The maximum Gasteiger partial charge on any atom is 0.302 e. The number of ether oxygens (including phenoxy) is 2. The Bertz CT molecular complexity index is 321. The van der Waals surface area contributed by atoms with Gasteiger partial charge in [-0.3, -0.25) is 4.79 Å². The SMILES string of the molecule is CC(=O)OC[C@@]12CC=C(C)[C@@H](C1)[C@@H](C)OC2. The van der Waals surface area contributed by atoms with Gasteiger partial charge in [0.1, 0.15) is 0 Å². The van der Waals surface area contributed by atoms with E-state index in [9.17, 15) is 4.79 Å². The number of hydrogen-bond acceptors (Lipinski definition) is 3. The normalized spacial score (nSPS) is 37.8. The lowest BCUT2D eigenvalue weighted by Gasteiger charge is -2.46. The first-order chi connectivity index (χ1) is 7.52. The van der Waals surface area contributed by atoms with E-state index >= 15 is 0 Å². The number of hydrogen-bond donors (Lipinski definition) is 0. The van der Waals surface area contributed by atoms with Gasteiger partial charge in [-0.2, -0.15) is 0 Å². The highest BCUT2D eigenvalue weighted by atomic mass is 16.5. The van der Waals surface area contributed by atoms with Crippen molar-refractivity contribution in [3.63, 3.8) is 0 Å². The van der Waals surface area contributed by atoms with Crippen molar-refractivity contribution in [3.05, 3.63) is 11.6 Å².